The summed E-state index contributed by atoms with van der Waals surface area (Å²) < 4.78 is 0. The van der Waals surface area contributed by atoms with E-state index in [1.54, 1.807) is 13.1 Å². The van der Waals surface area contributed by atoms with Gasteiger partial charge in [0.1, 0.15) is 6.10 Å². The van der Waals surface area contributed by atoms with Gasteiger partial charge in [0.15, 0.2) is 0 Å². The molecule has 2 N–H and O–H groups in total. The van der Waals surface area contributed by atoms with Crippen molar-refractivity contribution in [3.8, 4) is 0 Å². The highest BCUT2D eigenvalue weighted by Crippen LogP contribution is 2.06. The third-order valence-corrected chi connectivity index (χ3v) is 1.18. The molecule has 8 heavy (non-hydrogen) atoms. The van der Waals surface area contributed by atoms with E-state index < -0.39 is 6.10 Å². The molecular weight excluding hydrogens is 102 g/mol. The Morgan fingerprint density at radius 1 is 1.75 bits per heavy atom. The summed E-state index contributed by atoms with van der Waals surface area (Å²) in [6.07, 6.45) is 5.01. The second-order valence-electron chi connectivity index (χ2n) is 1.70. The van der Waals surface area contributed by atoms with Crippen molar-refractivity contribution in [2.45, 2.75) is 6.10 Å². The molecule has 0 fully saturated rings. The van der Waals surface area contributed by atoms with Crippen molar-refractivity contribution in [3.63, 3.8) is 0 Å². The van der Waals surface area contributed by atoms with Gasteiger partial charge in [0.2, 0.25) is 0 Å². The van der Waals surface area contributed by atoms with E-state index in [4.69, 9.17) is 5.11 Å². The second kappa shape index (κ2) is 2.01. The van der Waals surface area contributed by atoms with Crippen LogP contribution < -0.4 is 5.32 Å². The van der Waals surface area contributed by atoms with Crippen molar-refractivity contribution in [3.05, 3.63) is 23.9 Å². The van der Waals surface area contributed by atoms with Crippen molar-refractivity contribution < 1.29 is 5.11 Å². The molecule has 44 valence electrons. The molecule has 2 heteroatoms. The molecule has 1 aliphatic rings. The molecule has 0 aliphatic heterocycles. The van der Waals surface area contributed by atoms with Gasteiger partial charge >= 0.3 is 0 Å². The highest BCUT2D eigenvalue weighted by atomic mass is 16.3. The van der Waals surface area contributed by atoms with E-state index in [0.29, 0.717) is 0 Å². The molecule has 0 aromatic carbocycles. The zero-order valence-electron chi connectivity index (χ0n) is 4.76. The summed E-state index contributed by atoms with van der Waals surface area (Å²) in [5, 5.41) is 11.8. The van der Waals surface area contributed by atoms with Crippen LogP contribution in [0, 0.1) is 0 Å². The fourth-order valence-electron chi connectivity index (χ4n) is 0.698. The third-order valence-electron chi connectivity index (χ3n) is 1.18. The lowest BCUT2D eigenvalue weighted by Crippen LogP contribution is -2.15. The van der Waals surface area contributed by atoms with Gasteiger partial charge in [0, 0.05) is 12.7 Å². The van der Waals surface area contributed by atoms with Crippen molar-refractivity contribution in [2.24, 2.45) is 0 Å². The molecule has 0 amide bonds. The number of allylic oxidation sites excluding steroid dienone is 2. The lowest BCUT2D eigenvalue weighted by atomic mass is 10.3. The van der Waals surface area contributed by atoms with Crippen LogP contribution in [0.15, 0.2) is 23.9 Å². The molecule has 0 heterocycles. The largest absolute Gasteiger partial charge is 0.389 e. The standard InChI is InChI=1S/C6H9NO/c1-7-5-3-2-4-6(5)8/h2-4,6-8H,1H3/t6-/m0/s1. The molecule has 0 unspecified atom stereocenters. The minimum Gasteiger partial charge on any atom is -0.389 e. The first-order valence-electron chi connectivity index (χ1n) is 2.59. The summed E-state index contributed by atoms with van der Waals surface area (Å²) in [4.78, 5) is 0. The lowest BCUT2D eigenvalue weighted by Gasteiger charge is -2.03. The summed E-state index contributed by atoms with van der Waals surface area (Å²) in [6, 6.07) is 0. The fourth-order valence-corrected chi connectivity index (χ4v) is 0.698. The van der Waals surface area contributed by atoms with E-state index in [1.165, 1.54) is 0 Å². The van der Waals surface area contributed by atoms with Crippen LogP contribution >= 0.6 is 0 Å². The lowest BCUT2D eigenvalue weighted by molar-refractivity contribution is 0.255. The van der Waals surface area contributed by atoms with E-state index >= 15 is 0 Å². The molecule has 1 aliphatic carbocycles. The first-order valence-corrected chi connectivity index (χ1v) is 2.59. The number of nitrogens with one attached hydrogen (secondary N) is 1. The average Bonchev–Trinajstić information content (AvgIpc) is 2.14. The Balaban J connectivity index is 2.59. The van der Waals surface area contributed by atoms with Gasteiger partial charge in [-0.2, -0.15) is 0 Å². The van der Waals surface area contributed by atoms with E-state index in [9.17, 15) is 0 Å². The van der Waals surface area contributed by atoms with Crippen LogP contribution in [-0.4, -0.2) is 18.3 Å². The van der Waals surface area contributed by atoms with Gasteiger partial charge in [-0.1, -0.05) is 12.2 Å². The van der Waals surface area contributed by atoms with Gasteiger partial charge in [-0.05, 0) is 6.08 Å². The van der Waals surface area contributed by atoms with Crippen LogP contribution in [0.25, 0.3) is 0 Å². The van der Waals surface area contributed by atoms with Crippen LogP contribution in [0.3, 0.4) is 0 Å². The van der Waals surface area contributed by atoms with Crippen molar-refractivity contribution in [2.75, 3.05) is 7.05 Å². The zero-order valence-corrected chi connectivity index (χ0v) is 4.76. The normalized spacial score (nSPS) is 25.8. The zero-order chi connectivity index (χ0) is 5.98. The van der Waals surface area contributed by atoms with Gasteiger partial charge in [0.25, 0.3) is 0 Å². The number of rotatable bonds is 1. The highest BCUT2D eigenvalue weighted by molar-refractivity contribution is 5.26. The quantitative estimate of drug-likeness (QED) is 0.500. The second-order valence-corrected chi connectivity index (χ2v) is 1.70. The van der Waals surface area contributed by atoms with E-state index in [-0.39, 0.29) is 0 Å². The predicted molar refractivity (Wildman–Crippen MR) is 32.3 cm³/mol. The Labute approximate surface area is 48.5 Å². The highest BCUT2D eigenvalue weighted by Gasteiger charge is 2.06. The molecule has 0 bridgehead atoms. The Morgan fingerprint density at radius 2 is 2.50 bits per heavy atom. The molecule has 2 nitrogen and oxygen atoms in total. The maximum atomic E-state index is 8.97. The molecule has 0 radical (unpaired) electrons. The molecule has 0 saturated heterocycles. The van der Waals surface area contributed by atoms with Crippen LogP contribution in [0.1, 0.15) is 0 Å². The number of aliphatic hydroxyl groups excluding tert-OH is 1. The summed E-state index contributed by atoms with van der Waals surface area (Å²) in [5.41, 5.74) is 0.866. The molecule has 0 saturated carbocycles. The Hall–Kier alpha value is -0.760. The van der Waals surface area contributed by atoms with Gasteiger partial charge in [-0.3, -0.25) is 0 Å². The summed E-state index contributed by atoms with van der Waals surface area (Å²) in [6.45, 7) is 0. The Kier molecular flexibility index (Phi) is 1.35. The number of hydrogen-bond acceptors (Lipinski definition) is 2. The molecular formula is C6H9NO. The molecule has 1 atom stereocenters. The number of likely N-dealkylation sites (N-methyl/N-ethyl adjacent to an activating group) is 1. The summed E-state index contributed by atoms with van der Waals surface area (Å²) in [7, 11) is 1.79. The van der Waals surface area contributed by atoms with Crippen LogP contribution in [-0.2, 0) is 0 Å². The van der Waals surface area contributed by atoms with Crippen molar-refractivity contribution in [1.82, 2.24) is 5.32 Å². The fraction of sp³-hybridized carbons (Fsp3) is 0.333. The summed E-state index contributed by atoms with van der Waals surface area (Å²) in [5.74, 6) is 0. The van der Waals surface area contributed by atoms with E-state index in [2.05, 4.69) is 5.32 Å². The number of aliphatic hydroxyl groups is 1. The van der Waals surface area contributed by atoms with Crippen LogP contribution in [0.5, 0.6) is 0 Å². The first kappa shape index (κ1) is 5.38. The average molecular weight is 111 g/mol. The molecule has 1 rings (SSSR count). The monoisotopic (exact) mass is 111 g/mol. The molecule has 0 aromatic rings. The van der Waals surface area contributed by atoms with Gasteiger partial charge in [-0.25, -0.2) is 0 Å². The number of hydrogen-bond donors (Lipinski definition) is 2. The van der Waals surface area contributed by atoms with Crippen LogP contribution in [0.4, 0.5) is 0 Å². The van der Waals surface area contributed by atoms with Crippen molar-refractivity contribution >= 4 is 0 Å². The smallest absolute Gasteiger partial charge is 0.112 e. The topological polar surface area (TPSA) is 32.3 Å². The Bertz CT molecular complexity index is 137. The first-order chi connectivity index (χ1) is 3.84. The van der Waals surface area contributed by atoms with Gasteiger partial charge in [0.05, 0.1) is 0 Å². The minimum absolute atomic E-state index is 0.403. The van der Waals surface area contributed by atoms with Gasteiger partial charge < -0.3 is 10.4 Å². The third kappa shape index (κ3) is 0.746. The van der Waals surface area contributed by atoms with E-state index in [0.717, 1.165) is 5.70 Å². The predicted octanol–water partition coefficient (Wildman–Crippen LogP) is 0.0204. The molecule has 0 spiro atoms. The maximum absolute atomic E-state index is 8.97. The van der Waals surface area contributed by atoms with Gasteiger partial charge in [-0.15, -0.1) is 0 Å². The molecule has 0 aromatic heterocycles. The SMILES string of the molecule is CNC1=CC=C[C@@H]1O. The minimum atomic E-state index is -0.403. The summed E-state index contributed by atoms with van der Waals surface area (Å²) >= 11 is 0. The van der Waals surface area contributed by atoms with E-state index in [1.807, 2.05) is 12.2 Å². The maximum Gasteiger partial charge on any atom is 0.112 e. The Morgan fingerprint density at radius 3 is 2.75 bits per heavy atom. The van der Waals surface area contributed by atoms with Crippen molar-refractivity contribution in [1.29, 1.82) is 0 Å². The van der Waals surface area contributed by atoms with Crippen LogP contribution in [0.2, 0.25) is 0 Å².